The Morgan fingerprint density at radius 1 is 0.603 bits per heavy atom. The quantitative estimate of drug-likeness (QED) is 0.0848. The molecule has 4 N–H and O–H groups in total. The molecule has 0 radical (unpaired) electrons. The summed E-state index contributed by atoms with van der Waals surface area (Å²) in [6.07, 6.45) is 0.619. The minimum absolute atomic E-state index is 0.0314. The smallest absolute Gasteiger partial charge is 0.167 e. The van der Waals surface area contributed by atoms with Crippen molar-refractivity contribution in [2.75, 3.05) is 39.3 Å². The Bertz CT molecular complexity index is 1950. The fourth-order valence-electron chi connectivity index (χ4n) is 8.96. The molecule has 11 heteroatoms. The van der Waals surface area contributed by atoms with E-state index in [0.717, 1.165) is 0 Å². The Labute approximate surface area is 338 Å². The Balaban J connectivity index is 1.19. The fourth-order valence-corrected chi connectivity index (χ4v) is 8.96. The first-order valence-corrected chi connectivity index (χ1v) is 20.3. The molecule has 2 aliphatic rings. The Hall–Kier alpha value is -4.81. The Kier molecular flexibility index (Phi) is 14.2. The molecule has 4 aromatic rings. The van der Waals surface area contributed by atoms with Crippen LogP contribution in [-0.2, 0) is 4.79 Å². The second-order valence-electron chi connectivity index (χ2n) is 16.2. The predicted octanol–water partition coefficient (Wildman–Crippen LogP) is 7.53. The van der Waals surface area contributed by atoms with Crippen LogP contribution in [0.15, 0.2) is 84.9 Å². The summed E-state index contributed by atoms with van der Waals surface area (Å²) >= 11 is 0. The maximum absolute atomic E-state index is 14.7. The lowest BCUT2D eigenvalue weighted by Crippen LogP contribution is -2.51. The molecule has 6 atom stereocenters. The normalized spacial score (nSPS) is 21.3. The van der Waals surface area contributed by atoms with Crippen molar-refractivity contribution in [3.05, 3.63) is 130 Å². The van der Waals surface area contributed by atoms with Crippen molar-refractivity contribution in [2.24, 2.45) is 23.7 Å². The second kappa shape index (κ2) is 19.3. The van der Waals surface area contributed by atoms with Crippen LogP contribution in [0, 0.1) is 49.2 Å². The van der Waals surface area contributed by atoms with Crippen LogP contribution in [0.5, 0.6) is 11.5 Å². The van der Waals surface area contributed by atoms with E-state index in [2.05, 4.69) is 9.80 Å². The number of halogens is 2. The van der Waals surface area contributed by atoms with E-state index < -0.39 is 35.9 Å². The van der Waals surface area contributed by atoms with Crippen molar-refractivity contribution >= 4 is 17.3 Å². The average molecular weight is 797 g/mol. The zero-order valence-corrected chi connectivity index (χ0v) is 33.2. The molecule has 0 spiro atoms. The molecular formula is C47H54F2N2O7. The van der Waals surface area contributed by atoms with E-state index in [-0.39, 0.29) is 40.5 Å². The first-order chi connectivity index (χ1) is 27.8. The molecular weight excluding hydrogens is 743 g/mol. The summed E-state index contributed by atoms with van der Waals surface area (Å²) in [4.78, 5) is 46.7. The molecule has 2 fully saturated rings. The molecule has 2 heterocycles. The van der Waals surface area contributed by atoms with Crippen LogP contribution in [0.1, 0.15) is 93.7 Å². The van der Waals surface area contributed by atoms with E-state index in [0.29, 0.717) is 111 Å². The number of hydrogen-bond acceptors (Lipinski definition) is 9. The Morgan fingerprint density at radius 3 is 1.38 bits per heavy atom. The van der Waals surface area contributed by atoms with Crippen LogP contribution in [0.25, 0.3) is 0 Å². The number of benzene rings is 4. The topological polar surface area (TPSA) is 139 Å². The van der Waals surface area contributed by atoms with Crippen LogP contribution in [0.4, 0.5) is 8.78 Å². The third-order valence-electron chi connectivity index (χ3n) is 12.1. The zero-order chi connectivity index (χ0) is 41.5. The average Bonchev–Trinajstić information content (AvgIpc) is 3.21. The number of nitrogens with zero attached hydrogens (tertiary/aromatic N) is 2. The molecule has 6 rings (SSSR count). The number of ketones is 3. The van der Waals surface area contributed by atoms with Crippen molar-refractivity contribution < 1.29 is 43.6 Å². The van der Waals surface area contributed by atoms with Crippen LogP contribution < -0.4 is 0 Å². The van der Waals surface area contributed by atoms with Crippen LogP contribution in [0.3, 0.4) is 0 Å². The van der Waals surface area contributed by atoms with E-state index in [1.54, 1.807) is 62.4 Å². The lowest BCUT2D eigenvalue weighted by Gasteiger charge is -2.41. The fraction of sp³-hybridized carbons (Fsp3) is 0.426. The number of aliphatic hydroxyl groups is 2. The van der Waals surface area contributed by atoms with Gasteiger partial charge in [-0.05, 0) is 124 Å². The minimum atomic E-state index is -0.879. The number of likely N-dealkylation sites (tertiary alicyclic amines) is 2. The number of rotatable bonds is 16. The molecule has 0 saturated carbocycles. The first kappa shape index (κ1) is 42.8. The van der Waals surface area contributed by atoms with Gasteiger partial charge in [-0.1, -0.05) is 48.5 Å². The maximum atomic E-state index is 14.7. The number of phenols is 2. The predicted molar refractivity (Wildman–Crippen MR) is 217 cm³/mol. The number of Topliss-reactive ketones (excluding diaryl/α,β-unsaturated/α-hetero) is 3. The standard InChI is InChI=1S/C47H54F2N2O7/c1-29-39(13-5-15-41(29)48)43(54)17-7-19-50-25-33(45(56)31-9-3-11-37(52)23-31)21-35(27-50)47(58)36-22-34(46(57)32-10-4-12-38(53)24-32)26-51(28-36)20-8-18-44(55)40-14-6-16-42(49)30(40)2/h3-6,9-16,23-24,33-36,43-44,52-55H,7-8,17-22,25-28H2,1-2H3/t33?,34?,35?,36?,43-,44-/m1/s1. The molecule has 0 bridgehead atoms. The third kappa shape index (κ3) is 10.4. The summed E-state index contributed by atoms with van der Waals surface area (Å²) < 4.78 is 28.5. The van der Waals surface area contributed by atoms with E-state index in [1.165, 1.54) is 36.4 Å². The summed E-state index contributed by atoms with van der Waals surface area (Å²) in [5, 5.41) is 42.2. The van der Waals surface area contributed by atoms with Gasteiger partial charge in [0.1, 0.15) is 28.9 Å². The van der Waals surface area contributed by atoms with Crippen LogP contribution in [-0.4, -0.2) is 86.8 Å². The third-order valence-corrected chi connectivity index (χ3v) is 12.1. The SMILES string of the molecule is Cc1c(F)cccc1[C@H](O)CCCN1CC(C(=O)c2cccc(O)c2)CC(C(=O)C2CC(C(=O)c3cccc(O)c3)CN(CCC[C@@H](O)c3cccc(F)c3C)C2)C1. The minimum Gasteiger partial charge on any atom is -0.508 e. The van der Waals surface area contributed by atoms with E-state index >= 15 is 0 Å². The highest BCUT2D eigenvalue weighted by atomic mass is 19.1. The Morgan fingerprint density at radius 2 is 0.983 bits per heavy atom. The number of carbonyl (C=O) groups excluding carboxylic acids is 3. The maximum Gasteiger partial charge on any atom is 0.167 e. The van der Waals surface area contributed by atoms with Crippen molar-refractivity contribution in [3.63, 3.8) is 0 Å². The molecule has 308 valence electrons. The van der Waals surface area contributed by atoms with E-state index in [4.69, 9.17) is 0 Å². The first-order valence-electron chi connectivity index (χ1n) is 20.3. The van der Waals surface area contributed by atoms with Crippen LogP contribution in [0.2, 0.25) is 0 Å². The number of aromatic hydroxyl groups is 2. The van der Waals surface area contributed by atoms with Crippen LogP contribution >= 0.6 is 0 Å². The second-order valence-corrected chi connectivity index (χ2v) is 16.2. The molecule has 0 aliphatic carbocycles. The molecule has 4 aromatic carbocycles. The van der Waals surface area contributed by atoms with Gasteiger partial charge in [-0.2, -0.15) is 0 Å². The molecule has 0 amide bonds. The van der Waals surface area contributed by atoms with Crippen molar-refractivity contribution in [3.8, 4) is 11.5 Å². The van der Waals surface area contributed by atoms with Gasteiger partial charge in [0.2, 0.25) is 0 Å². The summed E-state index contributed by atoms with van der Waals surface area (Å²) in [7, 11) is 0. The number of phenolic OH excluding ortho intramolecular Hbond substituents is 2. The van der Waals surface area contributed by atoms with Gasteiger partial charge in [0, 0.05) is 61.0 Å². The lowest BCUT2D eigenvalue weighted by atomic mass is 9.75. The summed E-state index contributed by atoms with van der Waals surface area (Å²) in [6, 6.07) is 21.7. The van der Waals surface area contributed by atoms with Gasteiger partial charge < -0.3 is 30.2 Å². The molecule has 0 aromatic heterocycles. The van der Waals surface area contributed by atoms with E-state index in [9.17, 15) is 43.6 Å². The highest BCUT2D eigenvalue weighted by Crippen LogP contribution is 2.35. The molecule has 2 saturated heterocycles. The van der Waals surface area contributed by atoms with Crippen molar-refractivity contribution in [1.29, 1.82) is 0 Å². The zero-order valence-electron chi connectivity index (χ0n) is 33.2. The summed E-state index contributed by atoms with van der Waals surface area (Å²) in [6.45, 7) is 5.79. The van der Waals surface area contributed by atoms with E-state index in [1.807, 2.05) is 0 Å². The number of aliphatic hydroxyl groups excluding tert-OH is 2. The summed E-state index contributed by atoms with van der Waals surface area (Å²) in [5.74, 6) is -3.38. The number of carbonyl (C=O) groups is 3. The van der Waals surface area contributed by atoms with Gasteiger partial charge in [0.05, 0.1) is 12.2 Å². The lowest BCUT2D eigenvalue weighted by molar-refractivity contribution is -0.131. The number of piperidine rings is 2. The van der Waals surface area contributed by atoms with Gasteiger partial charge in [-0.25, -0.2) is 8.78 Å². The monoisotopic (exact) mass is 796 g/mol. The van der Waals surface area contributed by atoms with Gasteiger partial charge in [-0.15, -0.1) is 0 Å². The van der Waals surface area contributed by atoms with Gasteiger partial charge in [0.15, 0.2) is 11.6 Å². The van der Waals surface area contributed by atoms with Crippen molar-refractivity contribution in [1.82, 2.24) is 9.80 Å². The number of hydrogen-bond donors (Lipinski definition) is 4. The van der Waals surface area contributed by atoms with Gasteiger partial charge in [-0.3, -0.25) is 14.4 Å². The summed E-state index contributed by atoms with van der Waals surface area (Å²) in [5.41, 5.74) is 2.56. The van der Waals surface area contributed by atoms with Gasteiger partial charge >= 0.3 is 0 Å². The molecule has 9 nitrogen and oxygen atoms in total. The molecule has 58 heavy (non-hydrogen) atoms. The highest BCUT2D eigenvalue weighted by Gasteiger charge is 2.41. The highest BCUT2D eigenvalue weighted by molar-refractivity contribution is 6.00. The largest absolute Gasteiger partial charge is 0.508 e. The van der Waals surface area contributed by atoms with Gasteiger partial charge in [0.25, 0.3) is 0 Å². The van der Waals surface area contributed by atoms with Crippen molar-refractivity contribution in [2.45, 2.75) is 64.6 Å². The molecule has 2 aliphatic heterocycles. The molecule has 4 unspecified atom stereocenters.